The number of amides is 2. The highest BCUT2D eigenvalue weighted by molar-refractivity contribution is 5.98. The van der Waals surface area contributed by atoms with Crippen LogP contribution in [0.25, 0.3) is 0 Å². The molecule has 0 saturated heterocycles. The highest BCUT2D eigenvalue weighted by Gasteiger charge is 2.16. The van der Waals surface area contributed by atoms with E-state index < -0.39 is 21.7 Å². The second-order valence-electron chi connectivity index (χ2n) is 5.88. The standard InChI is InChI=1S/C18H18N4O8/c1-29-15-9-11(21(25)26)3-5-13(15)19-17(23)7-8-18(24)20-14-6-4-12(22(27)28)10-16(14)30-2/h3-6,9-10H,7-8H2,1-2H3,(H,19,23)(H,20,24). The molecule has 30 heavy (non-hydrogen) atoms. The van der Waals surface area contributed by atoms with Crippen molar-refractivity contribution in [2.24, 2.45) is 0 Å². The van der Waals surface area contributed by atoms with Crippen LogP contribution in [0, 0.1) is 20.2 Å². The fraction of sp³-hybridized carbons (Fsp3) is 0.222. The predicted molar refractivity (Wildman–Crippen MR) is 106 cm³/mol. The maximum atomic E-state index is 12.1. The second kappa shape index (κ2) is 9.82. The lowest BCUT2D eigenvalue weighted by atomic mass is 10.2. The molecule has 2 amide bonds. The monoisotopic (exact) mass is 418 g/mol. The Morgan fingerprint density at radius 3 is 1.47 bits per heavy atom. The van der Waals surface area contributed by atoms with E-state index in [0.717, 1.165) is 0 Å². The van der Waals surface area contributed by atoms with Crippen molar-refractivity contribution >= 4 is 34.6 Å². The third-order valence-corrected chi connectivity index (χ3v) is 3.92. The molecular formula is C18H18N4O8. The first-order valence-electron chi connectivity index (χ1n) is 8.49. The van der Waals surface area contributed by atoms with Gasteiger partial charge in [-0.25, -0.2) is 0 Å². The summed E-state index contributed by atoms with van der Waals surface area (Å²) in [5.74, 6) is -0.795. The number of hydrogen-bond donors (Lipinski definition) is 2. The number of nitro benzene ring substituents is 2. The van der Waals surface area contributed by atoms with E-state index in [0.29, 0.717) is 0 Å². The van der Waals surface area contributed by atoms with E-state index >= 15 is 0 Å². The number of benzene rings is 2. The summed E-state index contributed by atoms with van der Waals surface area (Å²) in [5, 5.41) is 26.7. The van der Waals surface area contributed by atoms with E-state index in [1.165, 1.54) is 50.6 Å². The zero-order chi connectivity index (χ0) is 22.3. The van der Waals surface area contributed by atoms with E-state index in [4.69, 9.17) is 9.47 Å². The summed E-state index contributed by atoms with van der Waals surface area (Å²) in [6, 6.07) is 7.43. The Kier molecular flexibility index (Phi) is 7.22. The molecule has 158 valence electrons. The molecule has 0 unspecified atom stereocenters. The molecule has 0 aromatic heterocycles. The van der Waals surface area contributed by atoms with E-state index in [-0.39, 0.29) is 47.1 Å². The largest absolute Gasteiger partial charge is 0.494 e. The van der Waals surface area contributed by atoms with Crippen LogP contribution in [0.5, 0.6) is 11.5 Å². The van der Waals surface area contributed by atoms with E-state index in [1.807, 2.05) is 0 Å². The van der Waals surface area contributed by atoms with Gasteiger partial charge in [-0.3, -0.25) is 29.8 Å². The van der Waals surface area contributed by atoms with Crippen molar-refractivity contribution in [1.82, 2.24) is 0 Å². The minimum Gasteiger partial charge on any atom is -0.494 e. The van der Waals surface area contributed by atoms with Gasteiger partial charge in [0, 0.05) is 25.0 Å². The normalized spacial score (nSPS) is 10.1. The highest BCUT2D eigenvalue weighted by Crippen LogP contribution is 2.30. The van der Waals surface area contributed by atoms with Crippen LogP contribution in [-0.4, -0.2) is 35.9 Å². The molecule has 12 heteroatoms. The summed E-state index contributed by atoms with van der Waals surface area (Å²) in [4.78, 5) is 44.7. The van der Waals surface area contributed by atoms with Crippen molar-refractivity contribution in [3.8, 4) is 11.5 Å². The number of carbonyl (C=O) groups is 2. The van der Waals surface area contributed by atoms with Crippen molar-refractivity contribution in [2.75, 3.05) is 24.9 Å². The fourth-order valence-corrected chi connectivity index (χ4v) is 2.45. The maximum Gasteiger partial charge on any atom is 0.273 e. The molecule has 0 atom stereocenters. The minimum atomic E-state index is -0.592. The van der Waals surface area contributed by atoms with Gasteiger partial charge in [0.15, 0.2) is 0 Å². The lowest BCUT2D eigenvalue weighted by molar-refractivity contribution is -0.385. The number of ether oxygens (including phenoxy) is 2. The van der Waals surface area contributed by atoms with Gasteiger partial charge in [-0.2, -0.15) is 0 Å². The van der Waals surface area contributed by atoms with Crippen molar-refractivity contribution in [3.05, 3.63) is 56.6 Å². The predicted octanol–water partition coefficient (Wildman–Crippen LogP) is 2.88. The van der Waals surface area contributed by atoms with Gasteiger partial charge in [0.2, 0.25) is 11.8 Å². The molecule has 0 bridgehead atoms. The quantitative estimate of drug-likeness (QED) is 0.464. The van der Waals surface area contributed by atoms with Crippen LogP contribution in [0.4, 0.5) is 22.7 Å². The molecule has 12 nitrogen and oxygen atoms in total. The van der Waals surface area contributed by atoms with Crippen molar-refractivity contribution in [1.29, 1.82) is 0 Å². The van der Waals surface area contributed by atoms with Crippen LogP contribution >= 0.6 is 0 Å². The molecule has 0 heterocycles. The molecule has 2 aromatic rings. The summed E-state index contributed by atoms with van der Waals surface area (Å²) < 4.78 is 10.1. The first kappa shape index (κ1) is 22.1. The number of nitrogens with zero attached hydrogens (tertiary/aromatic N) is 2. The summed E-state index contributed by atoms with van der Waals surface area (Å²) in [5.41, 5.74) is 0.0682. The third kappa shape index (κ3) is 5.64. The molecule has 0 aliphatic heterocycles. The SMILES string of the molecule is COc1cc([N+](=O)[O-])ccc1NC(=O)CCC(=O)Nc1ccc([N+](=O)[O-])cc1OC. The van der Waals surface area contributed by atoms with Crippen LogP contribution in [0.3, 0.4) is 0 Å². The van der Waals surface area contributed by atoms with Gasteiger partial charge in [-0.1, -0.05) is 0 Å². The average molecular weight is 418 g/mol. The van der Waals surface area contributed by atoms with Crippen LogP contribution in [0.2, 0.25) is 0 Å². The Bertz CT molecular complexity index is 913. The molecule has 0 fully saturated rings. The number of nitrogens with one attached hydrogen (secondary N) is 2. The molecule has 2 N–H and O–H groups in total. The van der Waals surface area contributed by atoms with Crippen molar-refractivity contribution in [3.63, 3.8) is 0 Å². The number of methoxy groups -OCH3 is 2. The number of carbonyl (C=O) groups excluding carboxylic acids is 2. The molecule has 2 aromatic carbocycles. The second-order valence-corrected chi connectivity index (χ2v) is 5.88. The Morgan fingerprint density at radius 2 is 1.17 bits per heavy atom. The summed E-state index contributed by atoms with van der Waals surface area (Å²) in [7, 11) is 2.61. The van der Waals surface area contributed by atoms with Gasteiger partial charge in [0.1, 0.15) is 11.5 Å². The molecule has 0 saturated carbocycles. The smallest absolute Gasteiger partial charge is 0.273 e. The number of hydrogen-bond acceptors (Lipinski definition) is 8. The van der Waals surface area contributed by atoms with Crippen LogP contribution in [-0.2, 0) is 9.59 Å². The Morgan fingerprint density at radius 1 is 0.800 bits per heavy atom. The lowest BCUT2D eigenvalue weighted by Crippen LogP contribution is -2.18. The van der Waals surface area contributed by atoms with E-state index in [1.54, 1.807) is 0 Å². The van der Waals surface area contributed by atoms with Gasteiger partial charge in [-0.15, -0.1) is 0 Å². The number of rotatable bonds is 9. The summed E-state index contributed by atoms with van der Waals surface area (Å²) in [6.07, 6.45) is -0.359. The van der Waals surface area contributed by atoms with Crippen molar-refractivity contribution in [2.45, 2.75) is 12.8 Å². The Hall–Kier alpha value is -4.22. The zero-order valence-corrected chi connectivity index (χ0v) is 16.0. The number of nitro groups is 2. The molecule has 2 rings (SSSR count). The summed E-state index contributed by atoms with van der Waals surface area (Å²) in [6.45, 7) is 0. The maximum absolute atomic E-state index is 12.1. The molecular weight excluding hydrogens is 400 g/mol. The van der Waals surface area contributed by atoms with E-state index in [2.05, 4.69) is 10.6 Å². The first-order chi connectivity index (χ1) is 14.2. The van der Waals surface area contributed by atoms with Crippen LogP contribution in [0.15, 0.2) is 36.4 Å². The zero-order valence-electron chi connectivity index (χ0n) is 16.0. The van der Waals surface area contributed by atoms with E-state index in [9.17, 15) is 29.8 Å². The topological polar surface area (TPSA) is 163 Å². The number of anilines is 2. The molecule has 0 spiro atoms. The van der Waals surface area contributed by atoms with Crippen molar-refractivity contribution < 1.29 is 28.9 Å². The van der Waals surface area contributed by atoms with Gasteiger partial charge in [0.25, 0.3) is 11.4 Å². The fourth-order valence-electron chi connectivity index (χ4n) is 2.45. The molecule has 0 aliphatic rings. The third-order valence-electron chi connectivity index (χ3n) is 3.92. The van der Waals surface area contributed by atoms with Gasteiger partial charge in [-0.05, 0) is 12.1 Å². The first-order valence-corrected chi connectivity index (χ1v) is 8.49. The van der Waals surface area contributed by atoms with Gasteiger partial charge < -0.3 is 20.1 Å². The molecule has 0 radical (unpaired) electrons. The Balaban J connectivity index is 1.96. The molecule has 0 aliphatic carbocycles. The highest BCUT2D eigenvalue weighted by atomic mass is 16.6. The van der Waals surface area contributed by atoms with Gasteiger partial charge in [0.05, 0.1) is 47.6 Å². The van der Waals surface area contributed by atoms with Crippen LogP contribution < -0.4 is 20.1 Å². The van der Waals surface area contributed by atoms with Crippen LogP contribution in [0.1, 0.15) is 12.8 Å². The average Bonchev–Trinajstić information content (AvgIpc) is 2.72. The number of non-ortho nitro benzene ring substituents is 2. The Labute approximate surface area is 170 Å². The van der Waals surface area contributed by atoms with Gasteiger partial charge >= 0.3 is 0 Å². The minimum absolute atomic E-state index is 0.109. The summed E-state index contributed by atoms with van der Waals surface area (Å²) >= 11 is 0. The lowest BCUT2D eigenvalue weighted by Gasteiger charge is -2.11.